The molecule has 2 rings (SSSR count). The van der Waals surface area contributed by atoms with Crippen LogP contribution in [0.3, 0.4) is 0 Å². The van der Waals surface area contributed by atoms with Crippen LogP contribution in [-0.2, 0) is 15.9 Å². The first kappa shape index (κ1) is 11.2. The summed E-state index contributed by atoms with van der Waals surface area (Å²) >= 11 is 0. The minimum Gasteiger partial charge on any atom is -0.361 e. The third-order valence-electron chi connectivity index (χ3n) is 1.71. The first-order valence-electron chi connectivity index (χ1n) is 4.31. The maximum atomic E-state index is 10.5. The molecule has 2 aromatic rings. The highest BCUT2D eigenvalue weighted by Crippen LogP contribution is 2.34. The summed E-state index contributed by atoms with van der Waals surface area (Å²) in [7, 11) is -4.13. The predicted molar refractivity (Wildman–Crippen MR) is 53.4 cm³/mol. The van der Waals surface area contributed by atoms with Crippen molar-refractivity contribution in [1.29, 1.82) is 0 Å². The lowest BCUT2D eigenvalue weighted by atomic mass is 10.6. The van der Waals surface area contributed by atoms with Crippen molar-refractivity contribution >= 4 is 18.8 Å². The van der Waals surface area contributed by atoms with Crippen LogP contribution in [-0.4, -0.2) is 36.1 Å². The van der Waals surface area contributed by atoms with Crippen molar-refractivity contribution in [2.75, 3.05) is 6.35 Å². The van der Waals surface area contributed by atoms with E-state index in [1.807, 2.05) is 0 Å². The Morgan fingerprint density at radius 3 is 3.00 bits per heavy atom. The molecule has 2 aromatic heterocycles. The first-order valence-corrected chi connectivity index (χ1v) is 6.11. The quantitative estimate of drug-likeness (QED) is 0.647. The SMILES string of the molecule is O=P(O)(O)COCc1nc2ncncc2[nH]1. The molecular formula is C7H9N4O4P. The number of aromatic amines is 1. The van der Waals surface area contributed by atoms with Gasteiger partial charge in [-0.25, -0.2) is 15.0 Å². The third-order valence-corrected chi connectivity index (χ3v) is 2.23. The van der Waals surface area contributed by atoms with E-state index >= 15 is 0 Å². The smallest absolute Gasteiger partial charge is 0.350 e. The first-order chi connectivity index (χ1) is 7.54. The van der Waals surface area contributed by atoms with Crippen molar-refractivity contribution in [3.8, 4) is 0 Å². The van der Waals surface area contributed by atoms with Crippen LogP contribution in [0.4, 0.5) is 0 Å². The number of H-pyrrole nitrogens is 1. The summed E-state index contributed by atoms with van der Waals surface area (Å²) in [5.41, 5.74) is 1.14. The lowest BCUT2D eigenvalue weighted by molar-refractivity contribution is 0.140. The van der Waals surface area contributed by atoms with Gasteiger partial charge in [0.25, 0.3) is 0 Å². The third kappa shape index (κ3) is 2.83. The van der Waals surface area contributed by atoms with Gasteiger partial charge >= 0.3 is 7.60 Å². The number of ether oxygens (including phenoxy) is 1. The number of hydrogen-bond acceptors (Lipinski definition) is 5. The number of hydrogen-bond donors (Lipinski definition) is 3. The molecule has 0 aliphatic heterocycles. The van der Waals surface area contributed by atoms with Crippen molar-refractivity contribution in [2.24, 2.45) is 0 Å². The fraction of sp³-hybridized carbons (Fsp3) is 0.286. The molecule has 3 N–H and O–H groups in total. The maximum Gasteiger partial charge on any atom is 0.350 e. The van der Waals surface area contributed by atoms with Crippen molar-refractivity contribution in [3.63, 3.8) is 0 Å². The Bertz CT molecular complexity index is 503. The van der Waals surface area contributed by atoms with Crippen LogP contribution in [0, 0.1) is 0 Å². The summed E-state index contributed by atoms with van der Waals surface area (Å²) < 4.78 is 15.3. The average molecular weight is 244 g/mol. The molecule has 0 unspecified atom stereocenters. The van der Waals surface area contributed by atoms with Crippen LogP contribution in [0.1, 0.15) is 5.82 Å². The van der Waals surface area contributed by atoms with Gasteiger partial charge in [-0.15, -0.1) is 0 Å². The van der Waals surface area contributed by atoms with Crippen LogP contribution in [0.25, 0.3) is 11.2 Å². The Hall–Kier alpha value is -1.34. The van der Waals surface area contributed by atoms with Crippen molar-refractivity contribution in [2.45, 2.75) is 6.61 Å². The van der Waals surface area contributed by atoms with Gasteiger partial charge < -0.3 is 19.5 Å². The van der Waals surface area contributed by atoms with E-state index in [1.165, 1.54) is 6.33 Å². The topological polar surface area (TPSA) is 121 Å². The molecule has 86 valence electrons. The van der Waals surface area contributed by atoms with E-state index in [1.54, 1.807) is 6.20 Å². The van der Waals surface area contributed by atoms with Crippen molar-refractivity contribution < 1.29 is 19.1 Å². The van der Waals surface area contributed by atoms with Gasteiger partial charge in [-0.05, 0) is 0 Å². The van der Waals surface area contributed by atoms with Gasteiger partial charge in [0, 0.05) is 0 Å². The molecule has 2 heterocycles. The van der Waals surface area contributed by atoms with E-state index in [0.717, 1.165) is 0 Å². The lowest BCUT2D eigenvalue weighted by Crippen LogP contribution is -1.97. The molecule has 0 atom stereocenters. The molecule has 0 amide bonds. The molecule has 0 saturated heterocycles. The number of fused-ring (bicyclic) bond motifs is 1. The molecule has 0 spiro atoms. The highest BCUT2D eigenvalue weighted by atomic mass is 31.2. The van der Waals surface area contributed by atoms with E-state index < -0.39 is 13.9 Å². The minimum atomic E-state index is -4.13. The van der Waals surface area contributed by atoms with Crippen LogP contribution in [0.5, 0.6) is 0 Å². The molecule has 8 nitrogen and oxygen atoms in total. The Morgan fingerprint density at radius 1 is 1.50 bits per heavy atom. The monoisotopic (exact) mass is 244 g/mol. The Kier molecular flexibility index (Phi) is 2.97. The largest absolute Gasteiger partial charge is 0.361 e. The summed E-state index contributed by atoms with van der Waals surface area (Å²) in [6, 6.07) is 0. The summed E-state index contributed by atoms with van der Waals surface area (Å²) in [5.74, 6) is 0.448. The van der Waals surface area contributed by atoms with Gasteiger partial charge in [0.2, 0.25) is 0 Å². The fourth-order valence-corrected chi connectivity index (χ4v) is 1.47. The van der Waals surface area contributed by atoms with E-state index in [2.05, 4.69) is 19.9 Å². The zero-order valence-electron chi connectivity index (χ0n) is 8.07. The summed E-state index contributed by atoms with van der Waals surface area (Å²) in [6.45, 7) is -0.0124. The van der Waals surface area contributed by atoms with Crippen LogP contribution in [0.2, 0.25) is 0 Å². The summed E-state index contributed by atoms with van der Waals surface area (Å²) in [5, 5.41) is 0. The number of aromatic nitrogens is 4. The second kappa shape index (κ2) is 4.26. The van der Waals surface area contributed by atoms with Crippen LogP contribution < -0.4 is 0 Å². The highest BCUT2D eigenvalue weighted by Gasteiger charge is 2.13. The van der Waals surface area contributed by atoms with E-state index in [4.69, 9.17) is 14.5 Å². The van der Waals surface area contributed by atoms with Crippen LogP contribution >= 0.6 is 7.60 Å². The van der Waals surface area contributed by atoms with Crippen LogP contribution in [0.15, 0.2) is 12.5 Å². The zero-order valence-corrected chi connectivity index (χ0v) is 8.96. The second-order valence-electron chi connectivity index (χ2n) is 3.09. The predicted octanol–water partition coefficient (Wildman–Crippen LogP) is 0.00470. The van der Waals surface area contributed by atoms with Gasteiger partial charge in [-0.3, -0.25) is 4.57 Å². The molecule has 9 heteroatoms. The van der Waals surface area contributed by atoms with Gasteiger partial charge in [0.05, 0.1) is 6.20 Å². The van der Waals surface area contributed by atoms with Crippen molar-refractivity contribution in [3.05, 3.63) is 18.3 Å². The van der Waals surface area contributed by atoms with E-state index in [0.29, 0.717) is 17.0 Å². The number of imidazole rings is 1. The van der Waals surface area contributed by atoms with Gasteiger partial charge in [0.15, 0.2) is 5.65 Å². The van der Waals surface area contributed by atoms with E-state index in [9.17, 15) is 4.57 Å². The van der Waals surface area contributed by atoms with E-state index in [-0.39, 0.29) is 6.61 Å². The minimum absolute atomic E-state index is 0.0124. The number of rotatable bonds is 4. The molecule has 0 radical (unpaired) electrons. The average Bonchev–Trinajstić information content (AvgIpc) is 2.57. The molecule has 0 bridgehead atoms. The normalized spacial score (nSPS) is 12.1. The second-order valence-corrected chi connectivity index (χ2v) is 4.67. The molecular weight excluding hydrogens is 235 g/mol. The van der Waals surface area contributed by atoms with Gasteiger partial charge in [0.1, 0.15) is 30.6 Å². The molecule has 0 saturated carbocycles. The molecule has 0 aliphatic rings. The Morgan fingerprint density at radius 2 is 2.31 bits per heavy atom. The summed E-state index contributed by atoms with van der Waals surface area (Å²) in [6.07, 6.45) is 2.29. The molecule has 0 aromatic carbocycles. The maximum absolute atomic E-state index is 10.5. The Balaban J connectivity index is 2.02. The standard InChI is InChI=1S/C7H9N4O4P/c12-16(13,14)4-15-2-6-10-5-1-8-3-9-7(5)11-6/h1,3H,2,4H2,(H2,12,13,14)(H,8,9,10,11). The lowest BCUT2D eigenvalue weighted by Gasteiger charge is -2.02. The zero-order chi connectivity index (χ0) is 11.6. The fourth-order valence-electron chi connectivity index (χ4n) is 1.14. The number of nitrogens with zero attached hydrogens (tertiary/aromatic N) is 3. The van der Waals surface area contributed by atoms with Crippen molar-refractivity contribution in [1.82, 2.24) is 19.9 Å². The molecule has 16 heavy (non-hydrogen) atoms. The highest BCUT2D eigenvalue weighted by molar-refractivity contribution is 7.51. The summed E-state index contributed by atoms with van der Waals surface area (Å²) in [4.78, 5) is 31.7. The Labute approximate surface area is 89.9 Å². The molecule has 0 fully saturated rings. The van der Waals surface area contributed by atoms with Gasteiger partial charge in [-0.1, -0.05) is 0 Å². The number of nitrogens with one attached hydrogen (secondary N) is 1. The molecule has 0 aliphatic carbocycles. The van der Waals surface area contributed by atoms with Gasteiger partial charge in [-0.2, -0.15) is 0 Å².